The Balaban J connectivity index is 1.81. The van der Waals surface area contributed by atoms with Gasteiger partial charge in [-0.15, -0.1) is 0 Å². The van der Waals surface area contributed by atoms with E-state index >= 15 is 0 Å². The number of benzene rings is 1. The predicted molar refractivity (Wildman–Crippen MR) is 77.4 cm³/mol. The molecule has 110 valence electrons. The number of anilines is 1. The smallest absolute Gasteiger partial charge is 0.226 e. The van der Waals surface area contributed by atoms with Crippen molar-refractivity contribution in [1.29, 1.82) is 0 Å². The number of aliphatic hydroxyl groups is 1. The minimum atomic E-state index is -0.0296. The van der Waals surface area contributed by atoms with Gasteiger partial charge in [-0.2, -0.15) is 0 Å². The third-order valence-corrected chi connectivity index (χ3v) is 3.65. The molecule has 1 unspecified atom stereocenters. The Labute approximate surface area is 119 Å². The second kappa shape index (κ2) is 7.14. The van der Waals surface area contributed by atoms with Gasteiger partial charge >= 0.3 is 0 Å². The van der Waals surface area contributed by atoms with E-state index in [4.69, 9.17) is 10.5 Å². The normalized spacial score (nSPS) is 18.9. The first-order chi connectivity index (χ1) is 9.72. The van der Waals surface area contributed by atoms with E-state index in [1.807, 2.05) is 12.1 Å². The molecule has 0 saturated carbocycles. The number of rotatable bonds is 5. The average molecular weight is 278 g/mol. The zero-order valence-corrected chi connectivity index (χ0v) is 11.6. The summed E-state index contributed by atoms with van der Waals surface area (Å²) >= 11 is 0. The van der Waals surface area contributed by atoms with Crippen LogP contribution in [0.4, 0.5) is 5.69 Å². The monoisotopic (exact) mass is 278 g/mol. The summed E-state index contributed by atoms with van der Waals surface area (Å²) in [5.74, 6) is 0.649. The van der Waals surface area contributed by atoms with Crippen LogP contribution < -0.4 is 10.5 Å². The third-order valence-electron chi connectivity index (χ3n) is 3.65. The van der Waals surface area contributed by atoms with Crippen LogP contribution in [0.3, 0.4) is 0 Å². The highest BCUT2D eigenvalue weighted by atomic mass is 16.5. The first-order valence-corrected chi connectivity index (χ1v) is 7.10. The highest BCUT2D eigenvalue weighted by Gasteiger charge is 2.25. The summed E-state index contributed by atoms with van der Waals surface area (Å²) in [6, 6.07) is 7.21. The van der Waals surface area contributed by atoms with E-state index in [2.05, 4.69) is 0 Å². The van der Waals surface area contributed by atoms with E-state index in [0.29, 0.717) is 24.5 Å². The third kappa shape index (κ3) is 3.63. The summed E-state index contributed by atoms with van der Waals surface area (Å²) in [7, 11) is 0. The maximum absolute atomic E-state index is 12.1. The Hall–Kier alpha value is -1.75. The number of carbonyl (C=O) groups is 1. The molecule has 1 amide bonds. The van der Waals surface area contributed by atoms with Gasteiger partial charge in [0.25, 0.3) is 0 Å². The Bertz CT molecular complexity index is 450. The van der Waals surface area contributed by atoms with Crippen molar-refractivity contribution in [2.24, 2.45) is 0 Å². The van der Waals surface area contributed by atoms with Crippen LogP contribution in [0.1, 0.15) is 25.7 Å². The average Bonchev–Trinajstić information content (AvgIpc) is 2.49. The lowest BCUT2D eigenvalue weighted by Gasteiger charge is -2.34. The highest BCUT2D eigenvalue weighted by Crippen LogP contribution is 2.21. The Kier molecular flexibility index (Phi) is 5.24. The first-order valence-electron chi connectivity index (χ1n) is 7.10. The number of nitrogens with zero attached hydrogens (tertiary/aromatic N) is 1. The van der Waals surface area contributed by atoms with Crippen molar-refractivity contribution in [3.05, 3.63) is 24.3 Å². The molecule has 1 saturated heterocycles. The van der Waals surface area contributed by atoms with Crippen LogP contribution in [0.25, 0.3) is 0 Å². The van der Waals surface area contributed by atoms with E-state index in [1.54, 1.807) is 17.0 Å². The number of aliphatic hydroxyl groups excluding tert-OH is 1. The summed E-state index contributed by atoms with van der Waals surface area (Å²) in [6.07, 6.45) is 3.28. The number of para-hydroxylation sites is 2. The molecule has 0 bridgehead atoms. The van der Waals surface area contributed by atoms with Gasteiger partial charge in [-0.3, -0.25) is 4.79 Å². The first kappa shape index (κ1) is 14.7. The van der Waals surface area contributed by atoms with E-state index < -0.39 is 0 Å². The van der Waals surface area contributed by atoms with Crippen molar-refractivity contribution < 1.29 is 14.6 Å². The maximum atomic E-state index is 12.1. The SMILES string of the molecule is Nc1ccccc1OCCC(=O)N1CCCCC1CO. The molecule has 1 aromatic rings. The summed E-state index contributed by atoms with van der Waals surface area (Å²) in [6.45, 7) is 1.08. The maximum Gasteiger partial charge on any atom is 0.226 e. The molecule has 1 atom stereocenters. The summed E-state index contributed by atoms with van der Waals surface area (Å²) in [4.78, 5) is 13.9. The van der Waals surface area contributed by atoms with E-state index in [9.17, 15) is 9.90 Å². The van der Waals surface area contributed by atoms with Gasteiger partial charge in [0.1, 0.15) is 5.75 Å². The molecule has 5 heteroatoms. The van der Waals surface area contributed by atoms with Crippen LogP contribution >= 0.6 is 0 Å². The Morgan fingerprint density at radius 1 is 1.40 bits per heavy atom. The van der Waals surface area contributed by atoms with Crippen LogP contribution in [-0.4, -0.2) is 41.7 Å². The largest absolute Gasteiger partial charge is 0.491 e. The summed E-state index contributed by atoms with van der Waals surface area (Å²) in [5.41, 5.74) is 6.35. The van der Waals surface area contributed by atoms with Crippen molar-refractivity contribution in [1.82, 2.24) is 4.90 Å². The van der Waals surface area contributed by atoms with Gasteiger partial charge in [0, 0.05) is 6.54 Å². The van der Waals surface area contributed by atoms with Crippen LogP contribution in [0.15, 0.2) is 24.3 Å². The molecule has 0 aliphatic carbocycles. The molecule has 1 heterocycles. The van der Waals surface area contributed by atoms with Gasteiger partial charge in [0.05, 0.1) is 31.4 Å². The molecule has 5 nitrogen and oxygen atoms in total. The van der Waals surface area contributed by atoms with Crippen molar-refractivity contribution >= 4 is 11.6 Å². The van der Waals surface area contributed by atoms with Crippen molar-refractivity contribution in [2.75, 3.05) is 25.5 Å². The topological polar surface area (TPSA) is 75.8 Å². The van der Waals surface area contributed by atoms with Crippen LogP contribution in [-0.2, 0) is 4.79 Å². The zero-order valence-electron chi connectivity index (χ0n) is 11.6. The second-order valence-corrected chi connectivity index (χ2v) is 5.06. The lowest BCUT2D eigenvalue weighted by atomic mass is 10.0. The van der Waals surface area contributed by atoms with Crippen molar-refractivity contribution in [3.8, 4) is 5.75 Å². The number of carbonyl (C=O) groups excluding carboxylic acids is 1. The molecule has 0 spiro atoms. The quantitative estimate of drug-likeness (QED) is 0.799. The number of hydrogen-bond donors (Lipinski definition) is 2. The molecule has 1 aliphatic rings. The van der Waals surface area contributed by atoms with Crippen LogP contribution in [0, 0.1) is 0 Å². The second-order valence-electron chi connectivity index (χ2n) is 5.06. The number of hydrogen-bond acceptors (Lipinski definition) is 4. The lowest BCUT2D eigenvalue weighted by Crippen LogP contribution is -2.46. The fraction of sp³-hybridized carbons (Fsp3) is 0.533. The standard InChI is InChI=1S/C15H22N2O3/c16-13-6-1-2-7-14(13)20-10-8-15(19)17-9-4-3-5-12(17)11-18/h1-2,6-7,12,18H,3-5,8-11,16H2. The summed E-state index contributed by atoms with van der Waals surface area (Å²) < 4.78 is 5.53. The number of piperidine rings is 1. The number of amides is 1. The fourth-order valence-corrected chi connectivity index (χ4v) is 2.52. The van der Waals surface area contributed by atoms with Crippen molar-refractivity contribution in [3.63, 3.8) is 0 Å². The minimum absolute atomic E-state index is 0.0296. The van der Waals surface area contributed by atoms with E-state index in [1.165, 1.54) is 0 Å². The fourth-order valence-electron chi connectivity index (χ4n) is 2.52. The van der Waals surface area contributed by atoms with Gasteiger partial charge in [-0.1, -0.05) is 12.1 Å². The molecule has 1 aromatic carbocycles. The molecular formula is C15H22N2O3. The molecule has 3 N–H and O–H groups in total. The van der Waals surface area contributed by atoms with Gasteiger partial charge in [-0.25, -0.2) is 0 Å². The van der Waals surface area contributed by atoms with Crippen molar-refractivity contribution in [2.45, 2.75) is 31.7 Å². The molecule has 2 rings (SSSR count). The van der Waals surface area contributed by atoms with Crippen LogP contribution in [0.2, 0.25) is 0 Å². The van der Waals surface area contributed by atoms with Gasteiger partial charge in [-0.05, 0) is 31.4 Å². The highest BCUT2D eigenvalue weighted by molar-refractivity contribution is 5.76. The number of nitrogens with two attached hydrogens (primary N) is 1. The zero-order chi connectivity index (χ0) is 14.4. The Morgan fingerprint density at radius 3 is 2.95 bits per heavy atom. The predicted octanol–water partition coefficient (Wildman–Crippen LogP) is 1.41. The van der Waals surface area contributed by atoms with E-state index in [-0.39, 0.29) is 18.6 Å². The molecular weight excluding hydrogens is 256 g/mol. The molecule has 20 heavy (non-hydrogen) atoms. The minimum Gasteiger partial charge on any atom is -0.491 e. The number of likely N-dealkylation sites (tertiary alicyclic amines) is 1. The van der Waals surface area contributed by atoms with Gasteiger partial charge in [0.15, 0.2) is 0 Å². The molecule has 0 aromatic heterocycles. The van der Waals surface area contributed by atoms with Gasteiger partial charge in [0.2, 0.25) is 5.91 Å². The molecule has 1 fully saturated rings. The van der Waals surface area contributed by atoms with Crippen LogP contribution in [0.5, 0.6) is 5.75 Å². The molecule has 1 aliphatic heterocycles. The van der Waals surface area contributed by atoms with E-state index in [0.717, 1.165) is 25.8 Å². The Morgan fingerprint density at radius 2 is 2.20 bits per heavy atom. The molecule has 0 radical (unpaired) electrons. The number of nitrogen functional groups attached to an aromatic ring is 1. The number of ether oxygens (including phenoxy) is 1. The summed E-state index contributed by atoms with van der Waals surface area (Å²) in [5, 5.41) is 9.31. The van der Waals surface area contributed by atoms with Gasteiger partial charge < -0.3 is 20.5 Å². The lowest BCUT2D eigenvalue weighted by molar-refractivity contribution is -0.136.